The second-order valence-electron chi connectivity index (χ2n) is 10.6. The largest absolute Gasteiger partial charge is 0.481 e. The van der Waals surface area contributed by atoms with E-state index in [0.29, 0.717) is 0 Å². The number of hydrogen-bond donors (Lipinski definition) is 7. The first kappa shape index (κ1) is 36.0. The van der Waals surface area contributed by atoms with Crippen LogP contribution in [0.25, 0.3) is 0 Å². The molecule has 2 amide bonds. The van der Waals surface area contributed by atoms with Crippen LogP contribution in [0.2, 0.25) is 0 Å². The molecule has 11 nitrogen and oxygen atoms in total. The van der Waals surface area contributed by atoms with Crippen molar-refractivity contribution in [3.8, 4) is 0 Å². The number of rotatable bonds is 24. The molecule has 232 valence electrons. The summed E-state index contributed by atoms with van der Waals surface area (Å²) in [5, 5.41) is 51.4. The molecule has 1 aromatic carbocycles. The summed E-state index contributed by atoms with van der Waals surface area (Å²) < 4.78 is 0. The highest BCUT2D eigenvalue weighted by Crippen LogP contribution is 2.14. The van der Waals surface area contributed by atoms with Gasteiger partial charge in [0.2, 0.25) is 11.8 Å². The number of aliphatic hydroxyl groups excluding tert-OH is 3. The van der Waals surface area contributed by atoms with Gasteiger partial charge < -0.3 is 36.2 Å². The van der Waals surface area contributed by atoms with Crippen molar-refractivity contribution < 1.29 is 44.7 Å². The van der Waals surface area contributed by atoms with Crippen molar-refractivity contribution in [2.45, 2.75) is 115 Å². The normalized spacial score (nSPS) is 13.2. The summed E-state index contributed by atoms with van der Waals surface area (Å²) in [6, 6.07) is 7.39. The van der Waals surface area contributed by atoms with Gasteiger partial charge in [-0.2, -0.15) is 0 Å². The standard InChI is InChI=1S/C30H48N2O9/c33-21-28(37)32-24(16-18-26(35)30(40)41)15-17-25(34)20-31-27(36)19-23-13-11-22(12-14-23)9-7-5-3-1-2-4-6-8-10-29(38)39/h11-14,24-26,33-35H,1-10,15-21H2,(H,31,36)(H,32,37)(H,38,39)(H,40,41). The number of aliphatic hydroxyl groups is 3. The Morgan fingerprint density at radius 1 is 0.707 bits per heavy atom. The number of carbonyl (C=O) groups is 4. The molecular weight excluding hydrogens is 532 g/mol. The Hall–Kier alpha value is -3.02. The predicted octanol–water partition coefficient (Wildman–Crippen LogP) is 2.33. The van der Waals surface area contributed by atoms with Gasteiger partial charge in [0.1, 0.15) is 6.61 Å². The molecule has 0 aliphatic carbocycles. The summed E-state index contributed by atoms with van der Waals surface area (Å²) in [5.74, 6) is -2.94. The van der Waals surface area contributed by atoms with Crippen LogP contribution >= 0.6 is 0 Å². The molecule has 41 heavy (non-hydrogen) atoms. The van der Waals surface area contributed by atoms with Gasteiger partial charge in [-0.15, -0.1) is 0 Å². The third-order valence-electron chi connectivity index (χ3n) is 6.96. The minimum absolute atomic E-state index is 0.0255. The second-order valence-corrected chi connectivity index (χ2v) is 10.6. The molecule has 0 fully saturated rings. The quantitative estimate of drug-likeness (QED) is 0.0899. The van der Waals surface area contributed by atoms with Crippen molar-refractivity contribution in [1.82, 2.24) is 10.6 Å². The van der Waals surface area contributed by atoms with E-state index in [-0.39, 0.29) is 51.0 Å². The van der Waals surface area contributed by atoms with E-state index in [1.165, 1.54) is 18.4 Å². The molecule has 0 bridgehead atoms. The van der Waals surface area contributed by atoms with Crippen LogP contribution in [0.4, 0.5) is 0 Å². The maximum absolute atomic E-state index is 12.3. The number of hydrogen-bond acceptors (Lipinski definition) is 7. The molecule has 7 N–H and O–H groups in total. The zero-order chi connectivity index (χ0) is 30.5. The summed E-state index contributed by atoms with van der Waals surface area (Å²) >= 11 is 0. The lowest BCUT2D eigenvalue weighted by Crippen LogP contribution is -2.39. The first-order valence-corrected chi connectivity index (χ1v) is 14.7. The van der Waals surface area contributed by atoms with Gasteiger partial charge in [0.05, 0.1) is 12.5 Å². The Morgan fingerprint density at radius 3 is 1.85 bits per heavy atom. The smallest absolute Gasteiger partial charge is 0.332 e. The van der Waals surface area contributed by atoms with Crippen molar-refractivity contribution in [1.29, 1.82) is 0 Å². The van der Waals surface area contributed by atoms with Crippen molar-refractivity contribution in [3.63, 3.8) is 0 Å². The molecular formula is C30H48N2O9. The lowest BCUT2D eigenvalue weighted by Gasteiger charge is -2.21. The summed E-state index contributed by atoms with van der Waals surface area (Å²) in [6.45, 7) is -0.699. The maximum Gasteiger partial charge on any atom is 0.332 e. The lowest BCUT2D eigenvalue weighted by atomic mass is 10.0. The average molecular weight is 581 g/mol. The van der Waals surface area contributed by atoms with Crippen LogP contribution in [-0.4, -0.2) is 80.7 Å². The Morgan fingerprint density at radius 2 is 1.27 bits per heavy atom. The number of aryl methyl sites for hydroxylation is 1. The molecule has 11 heteroatoms. The van der Waals surface area contributed by atoms with E-state index >= 15 is 0 Å². The number of carbonyl (C=O) groups excluding carboxylic acids is 2. The number of nitrogens with one attached hydrogen (secondary N) is 2. The Labute approximate surface area is 242 Å². The summed E-state index contributed by atoms with van der Waals surface area (Å²) in [7, 11) is 0. The molecule has 3 unspecified atom stereocenters. The number of carboxylic acids is 2. The highest BCUT2D eigenvalue weighted by atomic mass is 16.4. The third kappa shape index (κ3) is 18.9. The molecule has 0 radical (unpaired) electrons. The van der Waals surface area contributed by atoms with Gasteiger partial charge in [0.15, 0.2) is 6.10 Å². The number of carboxylic acid groups (broad SMARTS) is 2. The average Bonchev–Trinajstić information content (AvgIpc) is 2.94. The molecule has 0 spiro atoms. The molecule has 3 atom stereocenters. The number of amides is 2. The van der Waals surface area contributed by atoms with E-state index in [9.17, 15) is 29.4 Å². The lowest BCUT2D eigenvalue weighted by molar-refractivity contribution is -0.147. The van der Waals surface area contributed by atoms with Gasteiger partial charge in [-0.3, -0.25) is 14.4 Å². The highest BCUT2D eigenvalue weighted by Gasteiger charge is 2.19. The molecule has 0 heterocycles. The molecule has 0 saturated carbocycles. The first-order chi connectivity index (χ1) is 19.6. The fraction of sp³-hybridized carbons (Fsp3) is 0.667. The predicted molar refractivity (Wildman–Crippen MR) is 153 cm³/mol. The Kier molecular flexibility index (Phi) is 19.0. The fourth-order valence-corrected chi connectivity index (χ4v) is 4.51. The summed E-state index contributed by atoms with van der Waals surface area (Å²) in [5.41, 5.74) is 2.09. The topological polar surface area (TPSA) is 193 Å². The number of unbranched alkanes of at least 4 members (excludes halogenated alkanes) is 7. The van der Waals surface area contributed by atoms with Crippen LogP contribution in [0.1, 0.15) is 94.6 Å². The van der Waals surface area contributed by atoms with Crippen molar-refractivity contribution in [3.05, 3.63) is 35.4 Å². The first-order valence-electron chi connectivity index (χ1n) is 14.7. The SMILES string of the molecule is O=C(O)CCCCCCCCCCc1ccc(CC(=O)NCC(O)CCC(CCC(O)C(=O)O)NC(=O)CO)cc1. The Balaban J connectivity index is 2.25. The molecule has 1 aromatic rings. The minimum atomic E-state index is -1.56. The molecule has 0 aromatic heterocycles. The summed E-state index contributed by atoms with van der Waals surface area (Å²) in [4.78, 5) is 45.2. The van der Waals surface area contributed by atoms with Crippen LogP contribution in [-0.2, 0) is 32.0 Å². The van der Waals surface area contributed by atoms with Crippen LogP contribution in [0.3, 0.4) is 0 Å². The van der Waals surface area contributed by atoms with E-state index in [4.69, 9.17) is 15.3 Å². The van der Waals surface area contributed by atoms with Gasteiger partial charge in [-0.05, 0) is 56.1 Å². The van der Waals surface area contributed by atoms with Crippen molar-refractivity contribution >= 4 is 23.8 Å². The molecule has 0 aliphatic heterocycles. The minimum Gasteiger partial charge on any atom is -0.481 e. The summed E-state index contributed by atoms with van der Waals surface area (Å²) in [6.07, 6.45) is 8.14. The molecule has 0 aliphatic rings. The van der Waals surface area contributed by atoms with Gasteiger partial charge >= 0.3 is 11.9 Å². The van der Waals surface area contributed by atoms with Gasteiger partial charge in [0.25, 0.3) is 0 Å². The van der Waals surface area contributed by atoms with Crippen molar-refractivity contribution in [2.75, 3.05) is 13.2 Å². The van der Waals surface area contributed by atoms with Gasteiger partial charge in [-0.1, -0.05) is 62.8 Å². The monoisotopic (exact) mass is 580 g/mol. The van der Waals surface area contributed by atoms with Crippen LogP contribution < -0.4 is 10.6 Å². The fourth-order valence-electron chi connectivity index (χ4n) is 4.51. The zero-order valence-electron chi connectivity index (χ0n) is 23.9. The maximum atomic E-state index is 12.3. The van der Waals surface area contributed by atoms with Crippen LogP contribution in [0.15, 0.2) is 24.3 Å². The number of benzene rings is 1. The van der Waals surface area contributed by atoms with Gasteiger partial charge in [-0.25, -0.2) is 4.79 Å². The van der Waals surface area contributed by atoms with Crippen LogP contribution in [0, 0.1) is 0 Å². The molecule has 1 rings (SSSR count). The second kappa shape index (κ2) is 21.7. The van der Waals surface area contributed by atoms with E-state index in [1.807, 2.05) is 24.3 Å². The number of aliphatic carboxylic acids is 2. The van der Waals surface area contributed by atoms with E-state index < -0.39 is 42.7 Å². The van der Waals surface area contributed by atoms with Crippen molar-refractivity contribution in [2.24, 2.45) is 0 Å². The highest BCUT2D eigenvalue weighted by molar-refractivity contribution is 5.78. The third-order valence-corrected chi connectivity index (χ3v) is 6.96. The van der Waals surface area contributed by atoms with Gasteiger partial charge in [0, 0.05) is 19.0 Å². The zero-order valence-corrected chi connectivity index (χ0v) is 23.9. The van der Waals surface area contributed by atoms with E-state index in [2.05, 4.69) is 10.6 Å². The molecule has 0 saturated heterocycles. The van der Waals surface area contributed by atoms with E-state index in [1.54, 1.807) is 0 Å². The Bertz CT molecular complexity index is 908. The van der Waals surface area contributed by atoms with Crippen LogP contribution in [0.5, 0.6) is 0 Å². The van der Waals surface area contributed by atoms with E-state index in [0.717, 1.165) is 50.5 Å².